The normalized spacial score (nSPS) is 10.6. The van der Waals surface area contributed by atoms with E-state index < -0.39 is 5.97 Å². The number of aromatic amines is 1. The Morgan fingerprint density at radius 3 is 3.07 bits per heavy atom. The SMILES string of the molecule is O=C(O)Cc1cccc2[nH]c(=S)oc12. The van der Waals surface area contributed by atoms with E-state index in [4.69, 9.17) is 21.7 Å². The molecule has 0 bridgehead atoms. The van der Waals surface area contributed by atoms with Crippen LogP contribution < -0.4 is 0 Å². The van der Waals surface area contributed by atoms with Gasteiger partial charge in [0.2, 0.25) is 0 Å². The number of nitrogens with one attached hydrogen (secondary N) is 1. The van der Waals surface area contributed by atoms with Gasteiger partial charge < -0.3 is 14.5 Å². The minimum atomic E-state index is -0.889. The van der Waals surface area contributed by atoms with Crippen molar-refractivity contribution in [2.45, 2.75) is 6.42 Å². The second-order valence-electron chi connectivity index (χ2n) is 2.88. The lowest BCUT2D eigenvalue weighted by molar-refractivity contribution is -0.136. The summed E-state index contributed by atoms with van der Waals surface area (Å²) < 4.78 is 5.20. The molecule has 2 aromatic rings. The first-order valence-corrected chi connectivity index (χ1v) is 4.40. The van der Waals surface area contributed by atoms with Crippen molar-refractivity contribution in [1.29, 1.82) is 0 Å². The van der Waals surface area contributed by atoms with E-state index >= 15 is 0 Å². The molecule has 0 saturated carbocycles. The number of fused-ring (bicyclic) bond motifs is 1. The van der Waals surface area contributed by atoms with Crippen LogP contribution in [0.25, 0.3) is 11.1 Å². The molecular formula is C9H7NO3S. The molecular weight excluding hydrogens is 202 g/mol. The molecule has 0 spiro atoms. The van der Waals surface area contributed by atoms with Crippen LogP contribution >= 0.6 is 12.2 Å². The summed E-state index contributed by atoms with van der Waals surface area (Å²) in [5.74, 6) is -0.889. The Morgan fingerprint density at radius 1 is 1.57 bits per heavy atom. The summed E-state index contributed by atoms with van der Waals surface area (Å²) in [7, 11) is 0. The van der Waals surface area contributed by atoms with Gasteiger partial charge in [-0.25, -0.2) is 0 Å². The second kappa shape index (κ2) is 3.26. The second-order valence-corrected chi connectivity index (χ2v) is 3.25. The van der Waals surface area contributed by atoms with Gasteiger partial charge in [0.1, 0.15) is 0 Å². The van der Waals surface area contributed by atoms with E-state index in [9.17, 15) is 4.79 Å². The molecule has 1 aromatic carbocycles. The molecule has 5 heteroatoms. The van der Waals surface area contributed by atoms with Crippen LogP contribution in [0.2, 0.25) is 0 Å². The summed E-state index contributed by atoms with van der Waals surface area (Å²) in [5.41, 5.74) is 1.89. The molecule has 0 radical (unpaired) electrons. The van der Waals surface area contributed by atoms with Crippen molar-refractivity contribution < 1.29 is 14.3 Å². The Hall–Kier alpha value is -1.62. The van der Waals surface area contributed by atoms with Gasteiger partial charge in [-0.2, -0.15) is 0 Å². The summed E-state index contributed by atoms with van der Waals surface area (Å²) in [5, 5.41) is 8.66. The Morgan fingerprint density at radius 2 is 2.36 bits per heavy atom. The monoisotopic (exact) mass is 209 g/mol. The van der Waals surface area contributed by atoms with E-state index in [0.717, 1.165) is 5.52 Å². The van der Waals surface area contributed by atoms with E-state index in [2.05, 4.69) is 4.98 Å². The molecule has 14 heavy (non-hydrogen) atoms. The number of oxazole rings is 1. The van der Waals surface area contributed by atoms with E-state index in [0.29, 0.717) is 11.1 Å². The lowest BCUT2D eigenvalue weighted by Crippen LogP contribution is -1.99. The zero-order valence-electron chi connectivity index (χ0n) is 7.11. The Balaban J connectivity index is 2.64. The maximum atomic E-state index is 10.5. The Labute approximate surface area is 84.2 Å². The van der Waals surface area contributed by atoms with Crippen molar-refractivity contribution in [2.75, 3.05) is 0 Å². The maximum absolute atomic E-state index is 10.5. The molecule has 0 aliphatic rings. The average molecular weight is 209 g/mol. The van der Waals surface area contributed by atoms with Gasteiger partial charge in [0.05, 0.1) is 11.9 Å². The van der Waals surface area contributed by atoms with Gasteiger partial charge in [0.15, 0.2) is 5.58 Å². The molecule has 72 valence electrons. The predicted molar refractivity (Wildman–Crippen MR) is 52.7 cm³/mol. The van der Waals surface area contributed by atoms with Crippen LogP contribution in [-0.4, -0.2) is 16.1 Å². The number of carboxylic acids is 1. The van der Waals surface area contributed by atoms with Crippen LogP contribution in [0.5, 0.6) is 0 Å². The number of para-hydroxylation sites is 1. The fraction of sp³-hybridized carbons (Fsp3) is 0.111. The average Bonchev–Trinajstić information content (AvgIpc) is 2.45. The first kappa shape index (κ1) is 8.96. The highest BCUT2D eigenvalue weighted by molar-refractivity contribution is 7.71. The molecule has 0 amide bonds. The lowest BCUT2D eigenvalue weighted by atomic mass is 10.1. The summed E-state index contributed by atoms with van der Waals surface area (Å²) in [6, 6.07) is 5.27. The van der Waals surface area contributed by atoms with E-state index in [1.807, 2.05) is 0 Å². The maximum Gasteiger partial charge on any atom is 0.307 e. The molecule has 0 unspecified atom stereocenters. The first-order chi connectivity index (χ1) is 6.66. The third-order valence-corrected chi connectivity index (χ3v) is 2.06. The lowest BCUT2D eigenvalue weighted by Gasteiger charge is -1.96. The summed E-state index contributed by atoms with van der Waals surface area (Å²) >= 11 is 4.82. The fourth-order valence-corrected chi connectivity index (χ4v) is 1.53. The molecule has 0 aliphatic carbocycles. The first-order valence-electron chi connectivity index (χ1n) is 3.99. The molecule has 0 atom stereocenters. The summed E-state index contributed by atoms with van der Waals surface area (Å²) in [6.45, 7) is 0. The van der Waals surface area contributed by atoms with Crippen LogP contribution in [-0.2, 0) is 11.2 Å². The van der Waals surface area contributed by atoms with Crippen molar-refractivity contribution in [3.63, 3.8) is 0 Å². The zero-order valence-corrected chi connectivity index (χ0v) is 7.93. The number of benzene rings is 1. The van der Waals surface area contributed by atoms with Gasteiger partial charge in [-0.05, 0) is 18.3 Å². The molecule has 2 N–H and O–H groups in total. The van der Waals surface area contributed by atoms with Crippen molar-refractivity contribution in [2.24, 2.45) is 0 Å². The predicted octanol–water partition coefficient (Wildman–Crippen LogP) is 2.12. The third-order valence-electron chi connectivity index (χ3n) is 1.87. The topological polar surface area (TPSA) is 66.2 Å². The fourth-order valence-electron chi connectivity index (χ4n) is 1.33. The minimum absolute atomic E-state index is 0.0620. The van der Waals surface area contributed by atoms with Crippen molar-refractivity contribution in [1.82, 2.24) is 4.98 Å². The molecule has 4 nitrogen and oxygen atoms in total. The van der Waals surface area contributed by atoms with Crippen LogP contribution in [0.15, 0.2) is 22.6 Å². The van der Waals surface area contributed by atoms with Gasteiger partial charge in [0, 0.05) is 5.56 Å². The third kappa shape index (κ3) is 1.54. The number of aromatic nitrogens is 1. The standard InChI is InChI=1S/C9H7NO3S/c11-7(12)4-5-2-1-3-6-8(5)13-9(14)10-6/h1-3H,4H2,(H,10,14)(H,11,12). The number of aliphatic carboxylic acids is 1. The zero-order chi connectivity index (χ0) is 10.1. The molecule has 0 aliphatic heterocycles. The highest BCUT2D eigenvalue weighted by Gasteiger charge is 2.08. The van der Waals surface area contributed by atoms with Crippen LogP contribution in [0.1, 0.15) is 5.56 Å². The largest absolute Gasteiger partial charge is 0.481 e. The van der Waals surface area contributed by atoms with Crippen LogP contribution in [0, 0.1) is 4.84 Å². The number of carboxylic acid groups (broad SMARTS) is 1. The number of H-pyrrole nitrogens is 1. The molecule has 0 saturated heterocycles. The number of rotatable bonds is 2. The number of carbonyl (C=O) groups is 1. The van der Waals surface area contributed by atoms with Crippen molar-refractivity contribution in [3.8, 4) is 0 Å². The highest BCUT2D eigenvalue weighted by atomic mass is 32.1. The van der Waals surface area contributed by atoms with E-state index in [-0.39, 0.29) is 11.3 Å². The molecule has 1 heterocycles. The number of hydrogen-bond acceptors (Lipinski definition) is 3. The van der Waals surface area contributed by atoms with Crippen molar-refractivity contribution >= 4 is 29.3 Å². The highest BCUT2D eigenvalue weighted by Crippen LogP contribution is 2.18. The molecule has 2 rings (SSSR count). The van der Waals surface area contributed by atoms with E-state index in [1.165, 1.54) is 0 Å². The quantitative estimate of drug-likeness (QED) is 0.743. The van der Waals surface area contributed by atoms with Crippen molar-refractivity contribution in [3.05, 3.63) is 28.6 Å². The van der Waals surface area contributed by atoms with Gasteiger partial charge in [0.25, 0.3) is 4.84 Å². The van der Waals surface area contributed by atoms with Gasteiger partial charge in [-0.1, -0.05) is 12.1 Å². The van der Waals surface area contributed by atoms with Crippen LogP contribution in [0.4, 0.5) is 0 Å². The summed E-state index contributed by atoms with van der Waals surface area (Å²) in [4.78, 5) is 13.6. The number of hydrogen-bond donors (Lipinski definition) is 2. The molecule has 0 fully saturated rings. The molecule has 1 aromatic heterocycles. The Bertz CT molecular complexity index is 540. The van der Waals surface area contributed by atoms with Gasteiger partial charge in [-0.3, -0.25) is 4.79 Å². The summed E-state index contributed by atoms with van der Waals surface area (Å²) in [6.07, 6.45) is -0.0620. The van der Waals surface area contributed by atoms with Gasteiger partial charge >= 0.3 is 5.97 Å². The van der Waals surface area contributed by atoms with E-state index in [1.54, 1.807) is 18.2 Å². The van der Waals surface area contributed by atoms with Crippen LogP contribution in [0.3, 0.4) is 0 Å². The minimum Gasteiger partial charge on any atom is -0.481 e. The van der Waals surface area contributed by atoms with Gasteiger partial charge in [-0.15, -0.1) is 0 Å². The smallest absolute Gasteiger partial charge is 0.307 e. The Kier molecular flexibility index (Phi) is 2.09.